The molecule has 0 saturated heterocycles. The van der Waals surface area contributed by atoms with Crippen LogP contribution in [0.4, 0.5) is 11.8 Å². The van der Waals surface area contributed by atoms with E-state index in [1.54, 1.807) is 6.20 Å². The minimum Gasteiger partial charge on any atom is -0.381 e. The minimum atomic E-state index is 0.301. The van der Waals surface area contributed by atoms with Crippen molar-refractivity contribution >= 4 is 11.8 Å². The lowest BCUT2D eigenvalue weighted by atomic mass is 10.3. The molecule has 1 heterocycles. The van der Waals surface area contributed by atoms with Crippen molar-refractivity contribution in [3.05, 3.63) is 11.8 Å². The summed E-state index contributed by atoms with van der Waals surface area (Å²) in [4.78, 5) is 8.03. The lowest BCUT2D eigenvalue weighted by molar-refractivity contribution is 0.134. The van der Waals surface area contributed by atoms with Gasteiger partial charge in [0.05, 0.1) is 0 Å². The van der Waals surface area contributed by atoms with Gasteiger partial charge in [-0.05, 0) is 19.8 Å². The summed E-state index contributed by atoms with van der Waals surface area (Å²) in [6.45, 7) is 6.50. The molecule has 1 aromatic heterocycles. The number of rotatable bonds is 7. The van der Waals surface area contributed by atoms with E-state index < -0.39 is 0 Å². The molecule has 90 valence electrons. The van der Waals surface area contributed by atoms with E-state index in [-0.39, 0.29) is 0 Å². The monoisotopic (exact) mass is 224 g/mol. The van der Waals surface area contributed by atoms with Crippen molar-refractivity contribution in [3.63, 3.8) is 0 Å². The molecule has 0 aliphatic rings. The highest BCUT2D eigenvalue weighted by atomic mass is 16.5. The smallest absolute Gasteiger partial charge is 0.221 e. The SMILES string of the molecule is CCCOCCCNc1nc(N)ncc1C. The fraction of sp³-hybridized carbons (Fsp3) is 0.636. The van der Waals surface area contributed by atoms with E-state index in [4.69, 9.17) is 10.5 Å². The topological polar surface area (TPSA) is 73.1 Å². The van der Waals surface area contributed by atoms with Crippen molar-refractivity contribution in [3.8, 4) is 0 Å². The van der Waals surface area contributed by atoms with E-state index in [1.165, 1.54) is 0 Å². The molecule has 0 spiro atoms. The average molecular weight is 224 g/mol. The summed E-state index contributed by atoms with van der Waals surface area (Å²) in [5.41, 5.74) is 6.51. The fourth-order valence-corrected chi connectivity index (χ4v) is 1.26. The molecule has 0 saturated carbocycles. The van der Waals surface area contributed by atoms with Crippen molar-refractivity contribution in [2.75, 3.05) is 30.8 Å². The second-order valence-corrected chi connectivity index (χ2v) is 3.65. The summed E-state index contributed by atoms with van der Waals surface area (Å²) in [5, 5.41) is 3.22. The highest BCUT2D eigenvalue weighted by Crippen LogP contribution is 2.10. The Labute approximate surface area is 96.4 Å². The molecule has 0 aliphatic heterocycles. The quantitative estimate of drug-likeness (QED) is 0.688. The standard InChI is InChI=1S/C11H20N4O/c1-3-6-16-7-4-5-13-10-9(2)8-14-11(12)15-10/h8H,3-7H2,1-2H3,(H3,12,13,14,15). The van der Waals surface area contributed by atoms with Gasteiger partial charge in [0.1, 0.15) is 5.82 Å². The highest BCUT2D eigenvalue weighted by molar-refractivity contribution is 5.44. The number of ether oxygens (including phenoxy) is 1. The van der Waals surface area contributed by atoms with Crippen LogP contribution in [0.15, 0.2) is 6.20 Å². The minimum absolute atomic E-state index is 0.301. The van der Waals surface area contributed by atoms with Gasteiger partial charge in [-0.2, -0.15) is 4.98 Å². The zero-order valence-corrected chi connectivity index (χ0v) is 9.99. The number of nitrogens with two attached hydrogens (primary N) is 1. The lowest BCUT2D eigenvalue weighted by Crippen LogP contribution is -2.09. The zero-order chi connectivity index (χ0) is 11.8. The van der Waals surface area contributed by atoms with E-state index in [9.17, 15) is 0 Å². The first-order valence-electron chi connectivity index (χ1n) is 5.64. The maximum absolute atomic E-state index is 5.51. The molecule has 3 N–H and O–H groups in total. The first kappa shape index (κ1) is 12.7. The summed E-state index contributed by atoms with van der Waals surface area (Å²) in [7, 11) is 0. The summed E-state index contributed by atoms with van der Waals surface area (Å²) >= 11 is 0. The predicted octanol–water partition coefficient (Wildman–Crippen LogP) is 1.60. The molecular weight excluding hydrogens is 204 g/mol. The Hall–Kier alpha value is -1.36. The van der Waals surface area contributed by atoms with Gasteiger partial charge in [-0.25, -0.2) is 4.98 Å². The van der Waals surface area contributed by atoms with Crippen LogP contribution in [0, 0.1) is 6.92 Å². The zero-order valence-electron chi connectivity index (χ0n) is 9.99. The van der Waals surface area contributed by atoms with Gasteiger partial charge in [-0.1, -0.05) is 6.92 Å². The number of hydrogen-bond acceptors (Lipinski definition) is 5. The van der Waals surface area contributed by atoms with Crippen LogP contribution in [0.3, 0.4) is 0 Å². The number of aromatic nitrogens is 2. The van der Waals surface area contributed by atoms with Crippen LogP contribution >= 0.6 is 0 Å². The predicted molar refractivity (Wildman–Crippen MR) is 65.4 cm³/mol. The van der Waals surface area contributed by atoms with Gasteiger partial charge in [-0.3, -0.25) is 0 Å². The van der Waals surface area contributed by atoms with Crippen molar-refractivity contribution in [2.24, 2.45) is 0 Å². The highest BCUT2D eigenvalue weighted by Gasteiger charge is 2.00. The Balaban J connectivity index is 2.23. The number of hydrogen-bond donors (Lipinski definition) is 2. The first-order valence-corrected chi connectivity index (χ1v) is 5.64. The second-order valence-electron chi connectivity index (χ2n) is 3.65. The van der Waals surface area contributed by atoms with Crippen LogP contribution in [0.5, 0.6) is 0 Å². The van der Waals surface area contributed by atoms with Gasteiger partial charge >= 0.3 is 0 Å². The maximum atomic E-state index is 5.51. The number of nitrogens with one attached hydrogen (secondary N) is 1. The van der Waals surface area contributed by atoms with Gasteiger partial charge < -0.3 is 15.8 Å². The Bertz CT molecular complexity index is 317. The number of nitrogen functional groups attached to an aromatic ring is 1. The number of aryl methyl sites for hydroxylation is 1. The van der Waals surface area contributed by atoms with Crippen molar-refractivity contribution < 1.29 is 4.74 Å². The van der Waals surface area contributed by atoms with Gasteiger partial charge in [-0.15, -0.1) is 0 Å². The summed E-state index contributed by atoms with van der Waals surface area (Å²) in [5.74, 6) is 1.11. The molecule has 0 radical (unpaired) electrons. The Morgan fingerprint density at radius 3 is 3.00 bits per heavy atom. The lowest BCUT2D eigenvalue weighted by Gasteiger charge is -2.08. The van der Waals surface area contributed by atoms with E-state index in [2.05, 4.69) is 22.2 Å². The molecular formula is C11H20N4O. The maximum Gasteiger partial charge on any atom is 0.221 e. The molecule has 1 rings (SSSR count). The molecule has 5 nitrogen and oxygen atoms in total. The molecule has 5 heteroatoms. The van der Waals surface area contributed by atoms with E-state index in [0.29, 0.717) is 5.95 Å². The van der Waals surface area contributed by atoms with Crippen LogP contribution in [0.2, 0.25) is 0 Å². The van der Waals surface area contributed by atoms with Crippen LogP contribution in [0.25, 0.3) is 0 Å². The summed E-state index contributed by atoms with van der Waals surface area (Å²) < 4.78 is 5.38. The van der Waals surface area contributed by atoms with Crippen LogP contribution < -0.4 is 11.1 Å². The van der Waals surface area contributed by atoms with E-state index in [1.807, 2.05) is 6.92 Å². The van der Waals surface area contributed by atoms with Gasteiger partial charge in [0.2, 0.25) is 5.95 Å². The summed E-state index contributed by atoms with van der Waals surface area (Å²) in [6, 6.07) is 0. The molecule has 0 atom stereocenters. The average Bonchev–Trinajstić information content (AvgIpc) is 2.28. The van der Waals surface area contributed by atoms with E-state index in [0.717, 1.165) is 44.0 Å². The van der Waals surface area contributed by atoms with Gasteiger partial charge in [0.15, 0.2) is 0 Å². The number of nitrogens with zero attached hydrogens (tertiary/aromatic N) is 2. The second kappa shape index (κ2) is 7.00. The normalized spacial score (nSPS) is 10.4. The third-order valence-corrected chi connectivity index (χ3v) is 2.10. The van der Waals surface area contributed by atoms with E-state index >= 15 is 0 Å². The fourth-order valence-electron chi connectivity index (χ4n) is 1.26. The van der Waals surface area contributed by atoms with Crippen molar-refractivity contribution in [1.82, 2.24) is 9.97 Å². The van der Waals surface area contributed by atoms with Gasteiger partial charge in [0, 0.05) is 31.5 Å². The van der Waals surface area contributed by atoms with Crippen molar-refractivity contribution in [2.45, 2.75) is 26.7 Å². The molecule has 16 heavy (non-hydrogen) atoms. The summed E-state index contributed by atoms with van der Waals surface area (Å²) in [6.07, 6.45) is 3.75. The Kier molecular flexibility index (Phi) is 5.56. The largest absolute Gasteiger partial charge is 0.381 e. The molecule has 0 unspecified atom stereocenters. The Morgan fingerprint density at radius 2 is 2.25 bits per heavy atom. The van der Waals surface area contributed by atoms with Gasteiger partial charge in [0.25, 0.3) is 0 Å². The molecule has 0 fully saturated rings. The molecule has 0 bridgehead atoms. The van der Waals surface area contributed by atoms with Crippen LogP contribution in [-0.2, 0) is 4.74 Å². The Morgan fingerprint density at radius 1 is 1.44 bits per heavy atom. The molecule has 1 aromatic rings. The molecule has 0 amide bonds. The third-order valence-electron chi connectivity index (χ3n) is 2.10. The molecule has 0 aromatic carbocycles. The van der Waals surface area contributed by atoms with Crippen LogP contribution in [-0.4, -0.2) is 29.7 Å². The number of anilines is 2. The first-order chi connectivity index (χ1) is 7.74. The van der Waals surface area contributed by atoms with Crippen molar-refractivity contribution in [1.29, 1.82) is 0 Å². The van der Waals surface area contributed by atoms with Crippen LogP contribution in [0.1, 0.15) is 25.3 Å². The third kappa shape index (κ3) is 4.44. The molecule has 0 aliphatic carbocycles.